The zero-order valence-electron chi connectivity index (χ0n) is 10.4. The molecule has 19 heavy (non-hydrogen) atoms. The van der Waals surface area contributed by atoms with Crippen LogP contribution < -0.4 is 4.72 Å². The number of aromatic hydroxyl groups is 1. The molecular formula is C12H15NO5S. The summed E-state index contributed by atoms with van der Waals surface area (Å²) < 4.78 is 30.9. The molecule has 1 aromatic rings. The Bertz CT molecular complexity index is 592. The van der Waals surface area contributed by atoms with E-state index in [1.54, 1.807) is 0 Å². The molecule has 1 saturated carbocycles. The maximum absolute atomic E-state index is 12.0. The average molecular weight is 285 g/mol. The number of phenolic OH excluding ortho intramolecular Hbond substituents is 1. The highest BCUT2D eigenvalue weighted by atomic mass is 32.2. The van der Waals surface area contributed by atoms with Crippen LogP contribution in [0.5, 0.6) is 5.75 Å². The van der Waals surface area contributed by atoms with Gasteiger partial charge in [0.05, 0.1) is 12.0 Å². The first-order valence-corrected chi connectivity index (χ1v) is 7.33. The highest BCUT2D eigenvalue weighted by Crippen LogP contribution is 2.28. The maximum atomic E-state index is 12.0. The molecule has 2 N–H and O–H groups in total. The van der Waals surface area contributed by atoms with Crippen LogP contribution in [0.1, 0.15) is 23.2 Å². The number of nitrogens with one attached hydrogen (secondary N) is 1. The van der Waals surface area contributed by atoms with Gasteiger partial charge in [0.25, 0.3) is 0 Å². The molecule has 0 unspecified atom stereocenters. The molecule has 0 saturated heterocycles. The van der Waals surface area contributed by atoms with E-state index in [-0.39, 0.29) is 16.2 Å². The number of rotatable bonds is 5. The number of ether oxygens (including phenoxy) is 1. The van der Waals surface area contributed by atoms with Crippen LogP contribution in [0.15, 0.2) is 23.1 Å². The number of carbonyl (C=O) groups is 1. The van der Waals surface area contributed by atoms with Crippen LogP contribution in [0.25, 0.3) is 0 Å². The van der Waals surface area contributed by atoms with Gasteiger partial charge in [-0.1, -0.05) is 0 Å². The first-order valence-electron chi connectivity index (χ1n) is 5.85. The molecule has 0 aromatic heterocycles. The van der Waals surface area contributed by atoms with E-state index >= 15 is 0 Å². The molecule has 0 atom stereocenters. The SMILES string of the molecule is COC(=O)c1cc(S(=O)(=O)NCC2CC2)ccc1O. The Balaban J connectivity index is 2.25. The number of benzene rings is 1. The highest BCUT2D eigenvalue weighted by molar-refractivity contribution is 7.89. The van der Waals surface area contributed by atoms with Gasteiger partial charge in [0.2, 0.25) is 10.0 Å². The predicted molar refractivity (Wildman–Crippen MR) is 67.4 cm³/mol. The monoisotopic (exact) mass is 285 g/mol. The van der Waals surface area contributed by atoms with Crippen molar-refractivity contribution < 1.29 is 23.1 Å². The Morgan fingerprint density at radius 2 is 2.16 bits per heavy atom. The van der Waals surface area contributed by atoms with Crippen molar-refractivity contribution in [3.63, 3.8) is 0 Å². The van der Waals surface area contributed by atoms with E-state index in [4.69, 9.17) is 0 Å². The van der Waals surface area contributed by atoms with Crippen molar-refractivity contribution in [1.82, 2.24) is 4.72 Å². The van der Waals surface area contributed by atoms with Crippen molar-refractivity contribution in [3.05, 3.63) is 23.8 Å². The number of phenols is 1. The fraction of sp³-hybridized carbons (Fsp3) is 0.417. The molecule has 7 heteroatoms. The quantitative estimate of drug-likeness (QED) is 0.783. The van der Waals surface area contributed by atoms with Gasteiger partial charge in [0, 0.05) is 6.54 Å². The van der Waals surface area contributed by atoms with Crippen LogP contribution in [0.2, 0.25) is 0 Å². The molecule has 0 spiro atoms. The summed E-state index contributed by atoms with van der Waals surface area (Å²) in [5.74, 6) is -0.684. The van der Waals surface area contributed by atoms with Crippen molar-refractivity contribution in [1.29, 1.82) is 0 Å². The van der Waals surface area contributed by atoms with Gasteiger partial charge < -0.3 is 9.84 Å². The van der Waals surface area contributed by atoms with Crippen LogP contribution in [0.4, 0.5) is 0 Å². The Hall–Kier alpha value is -1.60. The third kappa shape index (κ3) is 3.24. The molecule has 0 amide bonds. The number of hydrogen-bond donors (Lipinski definition) is 2. The smallest absolute Gasteiger partial charge is 0.341 e. The Labute approximate surface area is 111 Å². The van der Waals surface area contributed by atoms with Crippen LogP contribution in [-0.4, -0.2) is 33.1 Å². The zero-order valence-corrected chi connectivity index (χ0v) is 11.2. The molecule has 0 bridgehead atoms. The Morgan fingerprint density at radius 1 is 1.47 bits per heavy atom. The molecule has 1 aliphatic carbocycles. The number of sulfonamides is 1. The second kappa shape index (κ2) is 5.18. The summed E-state index contributed by atoms with van der Waals surface area (Å²) >= 11 is 0. The Morgan fingerprint density at radius 3 is 2.74 bits per heavy atom. The summed E-state index contributed by atoms with van der Waals surface area (Å²) in [5.41, 5.74) is -0.170. The van der Waals surface area contributed by atoms with Gasteiger partial charge >= 0.3 is 5.97 Å². The van der Waals surface area contributed by atoms with Crippen LogP contribution in [0.3, 0.4) is 0 Å². The molecule has 0 heterocycles. The third-order valence-electron chi connectivity index (χ3n) is 2.94. The van der Waals surface area contributed by atoms with Crippen molar-refractivity contribution in [2.24, 2.45) is 5.92 Å². The first-order chi connectivity index (χ1) is 8.94. The van der Waals surface area contributed by atoms with Crippen molar-refractivity contribution in [2.75, 3.05) is 13.7 Å². The van der Waals surface area contributed by atoms with Gasteiger partial charge in [-0.25, -0.2) is 17.9 Å². The van der Waals surface area contributed by atoms with Gasteiger partial charge in [-0.05, 0) is 37.0 Å². The Kier molecular flexibility index (Phi) is 3.77. The van der Waals surface area contributed by atoms with Gasteiger partial charge in [-0.3, -0.25) is 0 Å². The number of carbonyl (C=O) groups excluding carboxylic acids is 1. The molecular weight excluding hydrogens is 270 g/mol. The standard InChI is InChI=1S/C12H15NO5S/c1-18-12(15)10-6-9(4-5-11(10)14)19(16,17)13-7-8-2-3-8/h4-6,8,13-14H,2-3,7H2,1H3. The third-order valence-corrected chi connectivity index (χ3v) is 4.36. The summed E-state index contributed by atoms with van der Waals surface area (Å²) in [6.45, 7) is 0.400. The van der Waals surface area contributed by atoms with Gasteiger partial charge in [-0.2, -0.15) is 0 Å². The molecule has 0 aliphatic heterocycles. The highest BCUT2D eigenvalue weighted by Gasteiger charge is 2.25. The summed E-state index contributed by atoms with van der Waals surface area (Å²) in [6.07, 6.45) is 2.07. The van der Waals surface area contributed by atoms with Crippen LogP contribution in [-0.2, 0) is 14.8 Å². The molecule has 0 radical (unpaired) electrons. The zero-order chi connectivity index (χ0) is 14.0. The van der Waals surface area contributed by atoms with Crippen molar-refractivity contribution in [3.8, 4) is 5.75 Å². The van der Waals surface area contributed by atoms with Crippen LogP contribution in [0, 0.1) is 5.92 Å². The van der Waals surface area contributed by atoms with Gasteiger partial charge in [0.15, 0.2) is 0 Å². The largest absolute Gasteiger partial charge is 0.507 e. The fourth-order valence-electron chi connectivity index (χ4n) is 1.59. The van der Waals surface area contributed by atoms with Gasteiger partial charge in [-0.15, -0.1) is 0 Å². The lowest BCUT2D eigenvalue weighted by atomic mass is 10.2. The average Bonchev–Trinajstić information content (AvgIpc) is 3.20. The molecule has 104 valence electrons. The second-order valence-electron chi connectivity index (χ2n) is 4.47. The minimum atomic E-state index is -3.67. The second-order valence-corrected chi connectivity index (χ2v) is 6.23. The maximum Gasteiger partial charge on any atom is 0.341 e. The minimum Gasteiger partial charge on any atom is -0.507 e. The topological polar surface area (TPSA) is 92.7 Å². The summed E-state index contributed by atoms with van der Waals surface area (Å²) in [6, 6.07) is 3.52. The summed E-state index contributed by atoms with van der Waals surface area (Å²) in [4.78, 5) is 11.3. The van der Waals surface area contributed by atoms with E-state index in [0.717, 1.165) is 32.1 Å². The van der Waals surface area contributed by atoms with E-state index in [0.29, 0.717) is 12.5 Å². The van der Waals surface area contributed by atoms with E-state index in [2.05, 4.69) is 9.46 Å². The van der Waals surface area contributed by atoms with E-state index in [9.17, 15) is 18.3 Å². The van der Waals surface area contributed by atoms with E-state index in [1.165, 1.54) is 6.07 Å². The molecule has 1 aliphatic rings. The normalized spacial score (nSPS) is 15.2. The predicted octanol–water partition coefficient (Wildman–Crippen LogP) is 0.867. The van der Waals surface area contributed by atoms with Gasteiger partial charge in [0.1, 0.15) is 11.3 Å². The molecule has 6 nitrogen and oxygen atoms in total. The lowest BCUT2D eigenvalue weighted by molar-refractivity contribution is 0.0597. The first kappa shape index (κ1) is 13.8. The number of methoxy groups -OCH3 is 1. The number of hydrogen-bond acceptors (Lipinski definition) is 5. The molecule has 1 fully saturated rings. The van der Waals surface area contributed by atoms with E-state index in [1.807, 2.05) is 0 Å². The van der Waals surface area contributed by atoms with E-state index < -0.39 is 16.0 Å². The summed E-state index contributed by atoms with van der Waals surface area (Å²) in [5, 5.41) is 9.51. The lowest BCUT2D eigenvalue weighted by Crippen LogP contribution is -2.26. The van der Waals surface area contributed by atoms with Crippen LogP contribution >= 0.6 is 0 Å². The summed E-state index contributed by atoms with van der Waals surface area (Å²) in [7, 11) is -2.50. The van der Waals surface area contributed by atoms with Crippen molar-refractivity contribution in [2.45, 2.75) is 17.7 Å². The fourth-order valence-corrected chi connectivity index (χ4v) is 2.73. The molecule has 2 rings (SSSR count). The minimum absolute atomic E-state index is 0.0636. The molecule has 1 aromatic carbocycles. The van der Waals surface area contributed by atoms with Crippen molar-refractivity contribution >= 4 is 16.0 Å². The lowest BCUT2D eigenvalue weighted by Gasteiger charge is -2.08. The number of esters is 1.